The zero-order chi connectivity index (χ0) is 34.1. The summed E-state index contributed by atoms with van der Waals surface area (Å²) in [7, 11) is 1.40. The number of benzene rings is 1. The number of hydrogen-bond acceptors (Lipinski definition) is 7. The molecule has 0 radical (unpaired) electrons. The van der Waals surface area contributed by atoms with Gasteiger partial charge in [-0.15, -0.1) is 6.42 Å². The smallest absolute Gasteiger partial charge is 0.475 e. The first-order valence-corrected chi connectivity index (χ1v) is 12.9. The zero-order valence-electron chi connectivity index (χ0n) is 23.5. The van der Waals surface area contributed by atoms with Crippen molar-refractivity contribution >= 4 is 35.1 Å². The summed E-state index contributed by atoms with van der Waals surface area (Å²) in [5, 5.41) is 16.0. The average molecular weight is 666 g/mol. The topological polar surface area (TPSA) is 166 Å². The summed E-state index contributed by atoms with van der Waals surface area (Å²) < 4.78 is 79.9. The summed E-state index contributed by atoms with van der Waals surface area (Å²) in [5.41, 5.74) is 4.60. The van der Waals surface area contributed by atoms with Crippen molar-refractivity contribution in [3.8, 4) is 23.6 Å². The van der Waals surface area contributed by atoms with E-state index in [1.807, 2.05) is 0 Å². The van der Waals surface area contributed by atoms with Crippen LogP contribution >= 0.6 is 11.6 Å². The Bertz CT molecular complexity index is 1560. The number of halogens is 7. The molecule has 0 spiro atoms. The van der Waals surface area contributed by atoms with Crippen LogP contribution in [0.15, 0.2) is 30.6 Å². The Morgan fingerprint density at radius 1 is 1.20 bits per heavy atom. The fourth-order valence-electron chi connectivity index (χ4n) is 3.43. The summed E-state index contributed by atoms with van der Waals surface area (Å²) in [6.07, 6.45) is -2.35. The second-order valence-corrected chi connectivity index (χ2v) is 9.48. The van der Waals surface area contributed by atoms with Gasteiger partial charge < -0.3 is 30.8 Å². The first kappa shape index (κ1) is 36.6. The number of carbonyl (C=O) groups excluding carboxylic acids is 2. The van der Waals surface area contributed by atoms with Gasteiger partial charge in [-0.05, 0) is 25.1 Å². The molecule has 0 saturated carbocycles. The number of amides is 2. The minimum Gasteiger partial charge on any atom is -0.475 e. The molecular formula is C26H26ClF6N7O5. The number of nitrogens with zero attached hydrogens (tertiary/aromatic N) is 4. The number of aromatic nitrogens is 4. The van der Waals surface area contributed by atoms with E-state index < -0.39 is 35.8 Å². The number of carboxylic acids is 1. The Morgan fingerprint density at radius 2 is 1.84 bits per heavy atom. The van der Waals surface area contributed by atoms with Gasteiger partial charge in [0.1, 0.15) is 6.54 Å². The van der Waals surface area contributed by atoms with Crippen molar-refractivity contribution < 1.29 is 50.6 Å². The molecule has 1 unspecified atom stereocenters. The number of carboxylic acid groups (broad SMARTS) is 1. The molecule has 3 rings (SSSR count). The number of anilines is 1. The Balaban J connectivity index is 0.000000900. The molecule has 1 aromatic carbocycles. The van der Waals surface area contributed by atoms with Crippen LogP contribution in [0.1, 0.15) is 33.6 Å². The van der Waals surface area contributed by atoms with Crippen LogP contribution in [0.25, 0.3) is 11.3 Å². The van der Waals surface area contributed by atoms with Crippen LogP contribution in [0.3, 0.4) is 0 Å². The van der Waals surface area contributed by atoms with Crippen molar-refractivity contribution in [3.63, 3.8) is 0 Å². The van der Waals surface area contributed by atoms with E-state index in [0.717, 1.165) is 17.1 Å². The molecule has 1 atom stereocenters. The lowest BCUT2D eigenvalue weighted by atomic mass is 10.2. The molecule has 0 aliphatic heterocycles. The summed E-state index contributed by atoms with van der Waals surface area (Å²) in [6.45, 7) is 2.53. The number of ether oxygens (including phenoxy) is 1. The van der Waals surface area contributed by atoms with Gasteiger partial charge in [-0.2, -0.15) is 31.4 Å². The molecule has 3 aromatic rings. The number of carbonyl (C=O) groups is 3. The predicted molar refractivity (Wildman–Crippen MR) is 148 cm³/mol. The van der Waals surface area contributed by atoms with Crippen LogP contribution in [0.2, 0.25) is 5.02 Å². The lowest BCUT2D eigenvalue weighted by Gasteiger charge is -2.11. The Morgan fingerprint density at radius 3 is 2.38 bits per heavy atom. The molecule has 0 aliphatic rings. The van der Waals surface area contributed by atoms with Crippen LogP contribution in [0.5, 0.6) is 0 Å². The highest BCUT2D eigenvalue weighted by Crippen LogP contribution is 2.36. The third-order valence-electron chi connectivity index (χ3n) is 5.38. The van der Waals surface area contributed by atoms with E-state index >= 15 is 0 Å². The molecule has 0 bridgehead atoms. The monoisotopic (exact) mass is 665 g/mol. The number of imidazole rings is 1. The largest absolute Gasteiger partial charge is 0.490 e. The third kappa shape index (κ3) is 10.5. The highest BCUT2D eigenvalue weighted by Gasteiger charge is 2.39. The first-order valence-electron chi connectivity index (χ1n) is 12.5. The summed E-state index contributed by atoms with van der Waals surface area (Å²) in [4.78, 5) is 38.1. The SMILES string of the molecule is C#CCn1cc(-c2cnc(C(=O)Nc3ccc(C(=O)NCCOCC(C)N)c(Cl)c3)n2C)c(C(F)(F)F)n1.O=C(O)C(F)(F)F. The van der Waals surface area contributed by atoms with Crippen molar-refractivity contribution in [2.45, 2.75) is 31.9 Å². The molecule has 12 nitrogen and oxygen atoms in total. The molecule has 2 amide bonds. The van der Waals surface area contributed by atoms with Crippen LogP contribution in [0, 0.1) is 12.3 Å². The number of hydrogen-bond donors (Lipinski definition) is 4. The quantitative estimate of drug-likeness (QED) is 0.145. The van der Waals surface area contributed by atoms with Crippen molar-refractivity contribution in [1.82, 2.24) is 24.6 Å². The molecule has 2 heterocycles. The molecule has 0 fully saturated rings. The van der Waals surface area contributed by atoms with E-state index in [4.69, 9.17) is 38.4 Å². The van der Waals surface area contributed by atoms with E-state index in [9.17, 15) is 35.9 Å². The molecule has 0 aliphatic carbocycles. The fraction of sp³-hybridized carbons (Fsp3) is 0.346. The van der Waals surface area contributed by atoms with Crippen molar-refractivity contribution in [2.75, 3.05) is 25.1 Å². The average Bonchev–Trinajstić information content (AvgIpc) is 3.51. The van der Waals surface area contributed by atoms with Gasteiger partial charge in [-0.25, -0.2) is 9.78 Å². The van der Waals surface area contributed by atoms with Crippen LogP contribution in [-0.4, -0.2) is 74.2 Å². The Labute approximate surface area is 256 Å². The normalized spacial score (nSPS) is 12.0. The van der Waals surface area contributed by atoms with Crippen LogP contribution in [0.4, 0.5) is 32.0 Å². The maximum Gasteiger partial charge on any atom is 0.490 e. The third-order valence-corrected chi connectivity index (χ3v) is 5.69. The maximum absolute atomic E-state index is 13.5. The van der Waals surface area contributed by atoms with E-state index in [0.29, 0.717) is 6.61 Å². The summed E-state index contributed by atoms with van der Waals surface area (Å²) >= 11 is 6.23. The maximum atomic E-state index is 13.5. The predicted octanol–water partition coefficient (Wildman–Crippen LogP) is 3.57. The summed E-state index contributed by atoms with van der Waals surface area (Å²) in [6, 6.07) is 4.14. The van der Waals surface area contributed by atoms with Gasteiger partial charge in [-0.3, -0.25) is 14.3 Å². The standard InChI is InChI=1S/C24H25ClF3N7O3.C2HF3O2/c1-4-8-35-12-17(20(33-35)24(26,27)28)19-11-31-21(34(19)3)23(37)32-15-5-6-16(18(25)10-15)22(36)30-7-9-38-13-14(2)29;3-2(4,5)1(6)7/h1,5-6,10-12,14H,7-9,13,29H2,2-3H3,(H,30,36)(H,32,37);(H,6,7). The van der Waals surface area contributed by atoms with Gasteiger partial charge >= 0.3 is 18.3 Å². The van der Waals surface area contributed by atoms with Gasteiger partial charge in [0.2, 0.25) is 0 Å². The fourth-order valence-corrected chi connectivity index (χ4v) is 3.70. The van der Waals surface area contributed by atoms with Crippen molar-refractivity contribution in [3.05, 3.63) is 52.7 Å². The molecule has 2 aromatic heterocycles. The number of alkyl halides is 6. The van der Waals surface area contributed by atoms with E-state index in [-0.39, 0.29) is 59.1 Å². The number of nitrogens with two attached hydrogens (primary N) is 1. The molecule has 45 heavy (non-hydrogen) atoms. The minimum absolute atomic E-state index is 0.0145. The van der Waals surface area contributed by atoms with Gasteiger partial charge in [0.15, 0.2) is 11.5 Å². The lowest BCUT2D eigenvalue weighted by molar-refractivity contribution is -0.192. The lowest BCUT2D eigenvalue weighted by Crippen LogP contribution is -2.29. The molecular weight excluding hydrogens is 640 g/mol. The number of aliphatic carboxylic acids is 1. The number of rotatable bonds is 10. The Hall–Kier alpha value is -4.60. The minimum atomic E-state index is -5.08. The van der Waals surface area contributed by atoms with E-state index in [1.165, 1.54) is 29.8 Å². The van der Waals surface area contributed by atoms with Gasteiger partial charge in [-0.1, -0.05) is 17.5 Å². The molecule has 19 heteroatoms. The highest BCUT2D eigenvalue weighted by molar-refractivity contribution is 6.34. The van der Waals surface area contributed by atoms with Crippen molar-refractivity contribution in [2.24, 2.45) is 12.8 Å². The van der Waals surface area contributed by atoms with Crippen LogP contribution < -0.4 is 16.4 Å². The molecule has 5 N–H and O–H groups in total. The first-order chi connectivity index (χ1) is 20.9. The van der Waals surface area contributed by atoms with Gasteiger partial charge in [0, 0.05) is 31.5 Å². The zero-order valence-corrected chi connectivity index (χ0v) is 24.2. The molecule has 0 saturated heterocycles. The number of nitrogens with one attached hydrogen (secondary N) is 2. The van der Waals surface area contributed by atoms with E-state index in [1.54, 1.807) is 6.92 Å². The van der Waals surface area contributed by atoms with Crippen LogP contribution in [-0.2, 0) is 29.3 Å². The Kier molecular flexibility index (Phi) is 12.5. The highest BCUT2D eigenvalue weighted by atomic mass is 35.5. The second kappa shape index (κ2) is 15.4. The van der Waals surface area contributed by atoms with Crippen molar-refractivity contribution in [1.29, 1.82) is 0 Å². The summed E-state index contributed by atoms with van der Waals surface area (Å²) in [5.74, 6) is -1.83. The number of terminal acetylenes is 1. The van der Waals surface area contributed by atoms with Gasteiger partial charge in [0.05, 0.1) is 41.3 Å². The van der Waals surface area contributed by atoms with Gasteiger partial charge in [0.25, 0.3) is 11.8 Å². The second-order valence-electron chi connectivity index (χ2n) is 9.08. The van der Waals surface area contributed by atoms with E-state index in [2.05, 4.69) is 26.6 Å². The molecule has 244 valence electrons.